The van der Waals surface area contributed by atoms with Crippen molar-refractivity contribution < 1.29 is 13.2 Å². The van der Waals surface area contributed by atoms with Gasteiger partial charge in [-0.15, -0.1) is 0 Å². The van der Waals surface area contributed by atoms with Crippen molar-refractivity contribution in [2.45, 2.75) is 56.9 Å². The molecule has 0 radical (unpaired) electrons. The fourth-order valence-corrected chi connectivity index (χ4v) is 2.94. The van der Waals surface area contributed by atoms with Crippen molar-refractivity contribution in [3.05, 3.63) is 29.8 Å². The van der Waals surface area contributed by atoms with E-state index in [-0.39, 0.29) is 16.8 Å². The van der Waals surface area contributed by atoms with Crippen molar-refractivity contribution >= 4 is 25.6 Å². The lowest BCUT2D eigenvalue weighted by atomic mass is 10.0. The van der Waals surface area contributed by atoms with Gasteiger partial charge in [0.1, 0.15) is 0 Å². The molecule has 4 nitrogen and oxygen atoms in total. The lowest BCUT2D eigenvalue weighted by molar-refractivity contribution is 0.0932. The molecule has 0 bridgehead atoms. The van der Waals surface area contributed by atoms with E-state index in [2.05, 4.69) is 19.2 Å². The zero-order chi connectivity index (χ0) is 15.9. The van der Waals surface area contributed by atoms with Crippen LogP contribution in [0, 0.1) is 0 Å². The number of hydrogen-bond donors (Lipinski definition) is 1. The predicted octanol–water partition coefficient (Wildman–Crippen LogP) is 3.70. The Morgan fingerprint density at radius 1 is 1.24 bits per heavy atom. The third-order valence-electron chi connectivity index (χ3n) is 3.26. The molecule has 0 aliphatic carbocycles. The van der Waals surface area contributed by atoms with Crippen molar-refractivity contribution in [2.75, 3.05) is 0 Å². The summed E-state index contributed by atoms with van der Waals surface area (Å²) in [4.78, 5) is 12.2. The molecule has 0 aliphatic rings. The third kappa shape index (κ3) is 6.06. The predicted molar refractivity (Wildman–Crippen MR) is 85.2 cm³/mol. The molecule has 1 rings (SSSR count). The first-order valence-electron chi connectivity index (χ1n) is 7.24. The zero-order valence-corrected chi connectivity index (χ0v) is 14.0. The van der Waals surface area contributed by atoms with E-state index in [1.54, 1.807) is 6.07 Å². The fraction of sp³-hybridized carbons (Fsp3) is 0.533. The summed E-state index contributed by atoms with van der Waals surface area (Å²) in [6, 6.07) is 5.91. The normalized spacial score (nSPS) is 12.9. The van der Waals surface area contributed by atoms with Gasteiger partial charge in [0, 0.05) is 22.3 Å². The van der Waals surface area contributed by atoms with Gasteiger partial charge in [0.2, 0.25) is 0 Å². The molecule has 0 saturated carbocycles. The number of hydrogen-bond acceptors (Lipinski definition) is 3. The van der Waals surface area contributed by atoms with E-state index >= 15 is 0 Å². The van der Waals surface area contributed by atoms with Crippen LogP contribution in [0.25, 0.3) is 0 Å². The summed E-state index contributed by atoms with van der Waals surface area (Å²) in [5.74, 6) is -0.258. The molecular weight excluding hydrogens is 310 g/mol. The van der Waals surface area contributed by atoms with Crippen LogP contribution in [0.5, 0.6) is 0 Å². The van der Waals surface area contributed by atoms with E-state index in [9.17, 15) is 13.2 Å². The van der Waals surface area contributed by atoms with E-state index < -0.39 is 9.05 Å². The van der Waals surface area contributed by atoms with Crippen molar-refractivity contribution in [3.63, 3.8) is 0 Å². The van der Waals surface area contributed by atoms with Gasteiger partial charge in [-0.2, -0.15) is 0 Å². The second kappa shape index (κ2) is 8.39. The Morgan fingerprint density at radius 2 is 1.95 bits per heavy atom. The van der Waals surface area contributed by atoms with Crippen molar-refractivity contribution in [1.82, 2.24) is 5.32 Å². The number of benzene rings is 1. The number of rotatable bonds is 8. The molecule has 1 aromatic rings. The van der Waals surface area contributed by atoms with E-state index in [0.717, 1.165) is 32.1 Å². The average molecular weight is 332 g/mol. The van der Waals surface area contributed by atoms with Crippen LogP contribution in [0.2, 0.25) is 0 Å². The van der Waals surface area contributed by atoms with Crippen LogP contribution < -0.4 is 5.32 Å². The minimum atomic E-state index is -3.82. The monoisotopic (exact) mass is 331 g/mol. The number of unbranched alkanes of at least 4 members (excludes halogenated alkanes) is 1. The standard InChI is InChI=1S/C15H22ClNO3S/c1-3-5-9-13(7-4-2)17-15(18)12-8-6-10-14(11-12)21(16,19)20/h6,8,10-11,13H,3-5,7,9H2,1-2H3,(H,17,18). The van der Waals surface area contributed by atoms with Crippen molar-refractivity contribution in [2.24, 2.45) is 0 Å². The molecule has 21 heavy (non-hydrogen) atoms. The summed E-state index contributed by atoms with van der Waals surface area (Å²) < 4.78 is 22.6. The van der Waals surface area contributed by atoms with Crippen molar-refractivity contribution in [3.8, 4) is 0 Å². The van der Waals surface area contributed by atoms with Gasteiger partial charge in [-0.25, -0.2) is 8.42 Å². The lowest BCUT2D eigenvalue weighted by Crippen LogP contribution is -2.34. The Labute approximate surface area is 131 Å². The van der Waals surface area contributed by atoms with Crippen molar-refractivity contribution in [1.29, 1.82) is 0 Å². The molecule has 0 saturated heterocycles. The molecular formula is C15H22ClNO3S. The second-order valence-electron chi connectivity index (χ2n) is 5.07. The Morgan fingerprint density at radius 3 is 2.52 bits per heavy atom. The molecule has 0 aliphatic heterocycles. The Hall–Kier alpha value is -1.07. The molecule has 0 fully saturated rings. The highest BCUT2D eigenvalue weighted by atomic mass is 35.7. The van der Waals surface area contributed by atoms with Crippen LogP contribution in [0.4, 0.5) is 0 Å². The van der Waals surface area contributed by atoms with Crippen LogP contribution in [-0.2, 0) is 9.05 Å². The topological polar surface area (TPSA) is 63.2 Å². The first-order valence-corrected chi connectivity index (χ1v) is 9.55. The SMILES string of the molecule is CCCCC(CCC)NC(=O)c1cccc(S(=O)(=O)Cl)c1. The summed E-state index contributed by atoms with van der Waals surface area (Å²) in [5, 5.41) is 2.97. The van der Waals surface area contributed by atoms with Gasteiger partial charge >= 0.3 is 0 Å². The lowest BCUT2D eigenvalue weighted by Gasteiger charge is -2.18. The first kappa shape index (κ1) is 18.0. The maximum absolute atomic E-state index is 12.2. The van der Waals surface area contributed by atoms with E-state index in [1.807, 2.05) is 0 Å². The van der Waals surface area contributed by atoms with Crippen LogP contribution in [0.1, 0.15) is 56.3 Å². The molecule has 0 spiro atoms. The highest BCUT2D eigenvalue weighted by molar-refractivity contribution is 8.13. The molecule has 6 heteroatoms. The minimum absolute atomic E-state index is 0.0579. The quantitative estimate of drug-likeness (QED) is 0.739. The largest absolute Gasteiger partial charge is 0.349 e. The number of carbonyl (C=O) groups excluding carboxylic acids is 1. The summed E-state index contributed by atoms with van der Waals surface area (Å²) in [5.41, 5.74) is 0.314. The molecule has 1 unspecified atom stereocenters. The highest BCUT2D eigenvalue weighted by Crippen LogP contribution is 2.16. The zero-order valence-electron chi connectivity index (χ0n) is 12.4. The first-order chi connectivity index (χ1) is 9.88. The molecule has 0 aromatic heterocycles. The number of carbonyl (C=O) groups is 1. The maximum atomic E-state index is 12.2. The van der Waals surface area contributed by atoms with Crippen LogP contribution >= 0.6 is 10.7 Å². The number of halogens is 1. The Balaban J connectivity index is 2.82. The van der Waals surface area contributed by atoms with E-state index in [1.165, 1.54) is 18.2 Å². The van der Waals surface area contributed by atoms with Gasteiger partial charge < -0.3 is 5.32 Å². The summed E-state index contributed by atoms with van der Waals surface area (Å²) in [6.45, 7) is 4.19. The van der Waals surface area contributed by atoms with E-state index in [4.69, 9.17) is 10.7 Å². The molecule has 1 atom stereocenters. The third-order valence-corrected chi connectivity index (χ3v) is 4.61. The molecule has 1 aromatic carbocycles. The smallest absolute Gasteiger partial charge is 0.261 e. The fourth-order valence-electron chi connectivity index (χ4n) is 2.15. The number of nitrogens with one attached hydrogen (secondary N) is 1. The van der Waals surface area contributed by atoms with Gasteiger partial charge in [0.15, 0.2) is 0 Å². The molecule has 1 amide bonds. The van der Waals surface area contributed by atoms with Gasteiger partial charge in [-0.05, 0) is 31.0 Å². The Bertz CT molecular complexity index is 572. The Kier molecular flexibility index (Phi) is 7.18. The van der Waals surface area contributed by atoms with Crippen LogP contribution in [0.3, 0.4) is 0 Å². The van der Waals surface area contributed by atoms with E-state index in [0.29, 0.717) is 5.56 Å². The number of amides is 1. The summed E-state index contributed by atoms with van der Waals surface area (Å²) >= 11 is 0. The van der Waals surface area contributed by atoms with Gasteiger partial charge in [0.25, 0.3) is 15.0 Å². The summed E-state index contributed by atoms with van der Waals surface area (Å²) in [6.07, 6.45) is 4.98. The van der Waals surface area contributed by atoms with Gasteiger partial charge in [-0.3, -0.25) is 4.79 Å². The summed E-state index contributed by atoms with van der Waals surface area (Å²) in [7, 11) is 1.48. The maximum Gasteiger partial charge on any atom is 0.261 e. The van der Waals surface area contributed by atoms with Gasteiger partial charge in [0.05, 0.1) is 4.90 Å². The van der Waals surface area contributed by atoms with Gasteiger partial charge in [-0.1, -0.05) is 39.2 Å². The average Bonchev–Trinajstić information content (AvgIpc) is 2.44. The van der Waals surface area contributed by atoms with Crippen LogP contribution in [0.15, 0.2) is 29.2 Å². The minimum Gasteiger partial charge on any atom is -0.349 e. The molecule has 1 N–H and O–H groups in total. The van der Waals surface area contributed by atoms with Crippen LogP contribution in [-0.4, -0.2) is 20.4 Å². The highest BCUT2D eigenvalue weighted by Gasteiger charge is 2.16. The second-order valence-corrected chi connectivity index (χ2v) is 7.63. The molecule has 0 heterocycles. The molecule has 118 valence electrons.